The van der Waals surface area contributed by atoms with Crippen LogP contribution >= 0.6 is 0 Å². The predicted octanol–water partition coefficient (Wildman–Crippen LogP) is 2.92. The highest BCUT2D eigenvalue weighted by Gasteiger charge is 2.14. The Balaban J connectivity index is 2.96. The molecule has 1 atom stereocenters. The second-order valence-electron chi connectivity index (χ2n) is 3.68. The molecule has 0 aromatic heterocycles. The summed E-state index contributed by atoms with van der Waals surface area (Å²) in [7, 11) is 0. The number of anilines is 1. The van der Waals surface area contributed by atoms with E-state index in [9.17, 15) is 0 Å². The highest BCUT2D eigenvalue weighted by Crippen LogP contribution is 2.18. The molecule has 0 aliphatic carbocycles. The largest absolute Gasteiger partial charge is 0.356 e. The van der Waals surface area contributed by atoms with Crippen molar-refractivity contribution < 1.29 is 0 Å². The normalized spacial score (nSPS) is 12.2. The van der Waals surface area contributed by atoms with Crippen molar-refractivity contribution in [2.45, 2.75) is 32.9 Å². The van der Waals surface area contributed by atoms with Crippen LogP contribution in [-0.2, 0) is 0 Å². The molecule has 1 aromatic carbocycles. The summed E-state index contributed by atoms with van der Waals surface area (Å²) in [5, 5.41) is 0. The summed E-state index contributed by atoms with van der Waals surface area (Å²) >= 11 is 0. The fourth-order valence-corrected chi connectivity index (χ4v) is 1.65. The van der Waals surface area contributed by atoms with Gasteiger partial charge in [-0.05, 0) is 32.9 Å². The molecule has 1 nitrogen and oxygen atoms in total. The fourth-order valence-electron chi connectivity index (χ4n) is 1.65. The first-order valence-corrected chi connectivity index (χ1v) is 4.96. The van der Waals surface area contributed by atoms with Crippen LogP contribution in [-0.4, -0.2) is 12.1 Å². The first kappa shape index (κ1) is 10.7. The Morgan fingerprint density at radius 3 is 2.14 bits per heavy atom. The molecular formula is C13H17N. The smallest absolute Gasteiger partial charge is 0.0876 e. The van der Waals surface area contributed by atoms with Gasteiger partial charge in [0, 0.05) is 11.7 Å². The van der Waals surface area contributed by atoms with E-state index in [0.29, 0.717) is 6.04 Å². The molecule has 14 heavy (non-hydrogen) atoms. The Kier molecular flexibility index (Phi) is 3.59. The monoisotopic (exact) mass is 187 g/mol. The summed E-state index contributed by atoms with van der Waals surface area (Å²) < 4.78 is 0. The number of nitrogens with zero attached hydrogens (tertiary/aromatic N) is 1. The van der Waals surface area contributed by atoms with Gasteiger partial charge in [0.15, 0.2) is 0 Å². The number of para-hydroxylation sites is 1. The van der Waals surface area contributed by atoms with Crippen LogP contribution in [0.15, 0.2) is 30.3 Å². The van der Waals surface area contributed by atoms with E-state index >= 15 is 0 Å². The van der Waals surface area contributed by atoms with Gasteiger partial charge in [0.1, 0.15) is 0 Å². The van der Waals surface area contributed by atoms with Gasteiger partial charge in [-0.25, -0.2) is 0 Å². The zero-order chi connectivity index (χ0) is 10.6. The zero-order valence-electron chi connectivity index (χ0n) is 9.07. The van der Waals surface area contributed by atoms with E-state index in [1.165, 1.54) is 5.69 Å². The molecule has 0 N–H and O–H groups in total. The molecule has 0 amide bonds. The number of rotatable bonds is 3. The first-order chi connectivity index (χ1) is 6.66. The third kappa shape index (κ3) is 2.29. The van der Waals surface area contributed by atoms with Crippen molar-refractivity contribution >= 4 is 5.69 Å². The first-order valence-electron chi connectivity index (χ1n) is 4.96. The van der Waals surface area contributed by atoms with Gasteiger partial charge in [0.2, 0.25) is 0 Å². The Labute approximate surface area is 86.7 Å². The van der Waals surface area contributed by atoms with Crippen LogP contribution in [0.25, 0.3) is 0 Å². The lowest BCUT2D eigenvalue weighted by Gasteiger charge is -2.32. The maximum absolute atomic E-state index is 5.46. The Morgan fingerprint density at radius 1 is 1.14 bits per heavy atom. The number of hydrogen-bond acceptors (Lipinski definition) is 1. The molecule has 0 fully saturated rings. The minimum absolute atomic E-state index is 0.136. The van der Waals surface area contributed by atoms with E-state index in [-0.39, 0.29) is 6.04 Å². The van der Waals surface area contributed by atoms with E-state index in [2.05, 4.69) is 36.8 Å². The van der Waals surface area contributed by atoms with Crippen molar-refractivity contribution in [3.8, 4) is 12.3 Å². The van der Waals surface area contributed by atoms with Gasteiger partial charge in [-0.15, -0.1) is 6.42 Å². The second kappa shape index (κ2) is 4.72. The summed E-state index contributed by atoms with van der Waals surface area (Å²) in [6, 6.07) is 10.8. The molecule has 1 rings (SSSR count). The molecule has 0 heterocycles. The molecule has 74 valence electrons. The maximum atomic E-state index is 5.46. The topological polar surface area (TPSA) is 3.24 Å². The second-order valence-corrected chi connectivity index (χ2v) is 3.68. The summed E-state index contributed by atoms with van der Waals surface area (Å²) in [5.41, 5.74) is 1.19. The lowest BCUT2D eigenvalue weighted by atomic mass is 10.2. The Hall–Kier alpha value is -1.42. The van der Waals surface area contributed by atoms with Gasteiger partial charge >= 0.3 is 0 Å². The molecule has 0 bridgehead atoms. The van der Waals surface area contributed by atoms with Crippen LogP contribution in [0.2, 0.25) is 0 Å². The van der Waals surface area contributed by atoms with Gasteiger partial charge in [-0.2, -0.15) is 0 Å². The third-order valence-electron chi connectivity index (χ3n) is 2.27. The predicted molar refractivity (Wildman–Crippen MR) is 62.4 cm³/mol. The van der Waals surface area contributed by atoms with E-state index < -0.39 is 0 Å². The van der Waals surface area contributed by atoms with Crippen molar-refractivity contribution in [3.05, 3.63) is 30.3 Å². The van der Waals surface area contributed by atoms with Crippen molar-refractivity contribution in [2.24, 2.45) is 0 Å². The molecular weight excluding hydrogens is 170 g/mol. The molecule has 1 unspecified atom stereocenters. The van der Waals surface area contributed by atoms with Gasteiger partial charge in [0.25, 0.3) is 0 Å². The zero-order valence-corrected chi connectivity index (χ0v) is 9.07. The van der Waals surface area contributed by atoms with E-state index in [1.54, 1.807) is 0 Å². The van der Waals surface area contributed by atoms with Gasteiger partial charge in [0.05, 0.1) is 6.04 Å². The van der Waals surface area contributed by atoms with Crippen molar-refractivity contribution in [2.75, 3.05) is 4.90 Å². The van der Waals surface area contributed by atoms with Crippen molar-refractivity contribution in [1.29, 1.82) is 0 Å². The highest BCUT2D eigenvalue weighted by atomic mass is 15.2. The number of hydrogen-bond donors (Lipinski definition) is 0. The standard InChI is InChI=1S/C13H17N/c1-5-12(4)14(11(2)3)13-9-7-6-8-10-13/h1,6-12H,2-4H3. The molecule has 0 saturated carbocycles. The van der Waals surface area contributed by atoms with Crippen LogP contribution in [0.3, 0.4) is 0 Å². The fraction of sp³-hybridized carbons (Fsp3) is 0.385. The summed E-state index contributed by atoms with van der Waals surface area (Å²) in [4.78, 5) is 2.24. The average molecular weight is 187 g/mol. The minimum atomic E-state index is 0.136. The average Bonchev–Trinajstić information content (AvgIpc) is 2.19. The van der Waals surface area contributed by atoms with Crippen LogP contribution in [0, 0.1) is 12.3 Å². The highest BCUT2D eigenvalue weighted by molar-refractivity contribution is 5.49. The van der Waals surface area contributed by atoms with E-state index in [4.69, 9.17) is 6.42 Å². The molecule has 0 saturated heterocycles. The lowest BCUT2D eigenvalue weighted by Crippen LogP contribution is -2.37. The SMILES string of the molecule is C#CC(C)N(c1ccccc1)C(C)C. The maximum Gasteiger partial charge on any atom is 0.0876 e. The summed E-state index contributed by atoms with van der Waals surface area (Å²) in [5.74, 6) is 2.77. The van der Waals surface area contributed by atoms with E-state index in [0.717, 1.165) is 0 Å². The van der Waals surface area contributed by atoms with Gasteiger partial charge < -0.3 is 4.90 Å². The summed E-state index contributed by atoms with van der Waals surface area (Å²) in [6.07, 6.45) is 5.46. The molecule has 1 aromatic rings. The lowest BCUT2D eigenvalue weighted by molar-refractivity contribution is 0.652. The minimum Gasteiger partial charge on any atom is -0.356 e. The van der Waals surface area contributed by atoms with Crippen molar-refractivity contribution in [1.82, 2.24) is 0 Å². The molecule has 0 spiro atoms. The number of terminal acetylenes is 1. The van der Waals surface area contributed by atoms with E-state index in [1.807, 2.05) is 25.1 Å². The molecule has 1 heteroatoms. The molecule has 0 aliphatic heterocycles. The molecule has 0 radical (unpaired) electrons. The van der Waals surface area contributed by atoms with Crippen molar-refractivity contribution in [3.63, 3.8) is 0 Å². The quantitative estimate of drug-likeness (QED) is 0.658. The van der Waals surface area contributed by atoms with Crippen LogP contribution in [0.5, 0.6) is 0 Å². The Morgan fingerprint density at radius 2 is 1.71 bits per heavy atom. The third-order valence-corrected chi connectivity index (χ3v) is 2.27. The van der Waals surface area contributed by atoms with Gasteiger partial charge in [-0.3, -0.25) is 0 Å². The van der Waals surface area contributed by atoms with Crippen LogP contribution in [0.1, 0.15) is 20.8 Å². The molecule has 0 aliphatic rings. The van der Waals surface area contributed by atoms with Gasteiger partial charge in [-0.1, -0.05) is 24.1 Å². The summed E-state index contributed by atoms with van der Waals surface area (Å²) in [6.45, 7) is 6.36. The van der Waals surface area contributed by atoms with Crippen LogP contribution < -0.4 is 4.90 Å². The Bertz CT molecular complexity index is 308. The number of benzene rings is 1. The van der Waals surface area contributed by atoms with Crippen LogP contribution in [0.4, 0.5) is 5.69 Å².